The second-order valence-electron chi connectivity index (χ2n) is 6.14. The maximum atomic E-state index is 12.6. The van der Waals surface area contributed by atoms with Crippen LogP contribution in [-0.2, 0) is 15.1 Å². The number of carbonyl (C=O) groups is 2. The molecule has 8 heteroatoms. The van der Waals surface area contributed by atoms with Crippen LogP contribution in [0.5, 0.6) is 5.75 Å². The van der Waals surface area contributed by atoms with E-state index in [4.69, 9.17) is 0 Å². The zero-order valence-corrected chi connectivity index (χ0v) is 14.8. The lowest BCUT2D eigenvalue weighted by molar-refractivity contribution is -0.136. The summed E-state index contributed by atoms with van der Waals surface area (Å²) in [6, 6.07) is 12.9. The summed E-state index contributed by atoms with van der Waals surface area (Å²) in [7, 11) is 1.20. The Morgan fingerprint density at radius 1 is 1.22 bits per heavy atom. The van der Waals surface area contributed by atoms with Crippen molar-refractivity contribution in [1.82, 2.24) is 5.43 Å². The molecule has 0 aliphatic carbocycles. The van der Waals surface area contributed by atoms with Gasteiger partial charge in [-0.2, -0.15) is 5.10 Å². The standard InChI is InChI=1S/C19H19N3O5/c1-11(19(26)14-5-3-4-6-15(14)20-17(19)24)16(21-22-18(25)27-2)12-7-9-13(23)10-8-12/h3-11,23,26H,1-2H3,(H,20,24)(H,22,25)/b21-16-. The highest BCUT2D eigenvalue weighted by Gasteiger charge is 2.51. The van der Waals surface area contributed by atoms with E-state index in [1.165, 1.54) is 19.2 Å². The normalized spacial score (nSPS) is 19.8. The van der Waals surface area contributed by atoms with E-state index in [0.717, 1.165) is 0 Å². The number of ether oxygens (including phenoxy) is 1. The molecule has 2 amide bonds. The van der Waals surface area contributed by atoms with Gasteiger partial charge in [-0.15, -0.1) is 0 Å². The number of aromatic hydroxyl groups is 1. The second kappa shape index (κ2) is 7.08. The molecular weight excluding hydrogens is 350 g/mol. The average molecular weight is 369 g/mol. The number of para-hydroxylation sites is 1. The van der Waals surface area contributed by atoms with Gasteiger partial charge in [-0.3, -0.25) is 4.79 Å². The molecule has 0 saturated heterocycles. The van der Waals surface area contributed by atoms with Crippen LogP contribution in [0.15, 0.2) is 53.6 Å². The van der Waals surface area contributed by atoms with Crippen LogP contribution >= 0.6 is 0 Å². The van der Waals surface area contributed by atoms with Crippen molar-refractivity contribution < 1.29 is 24.5 Å². The summed E-state index contributed by atoms with van der Waals surface area (Å²) in [6.07, 6.45) is -0.790. The van der Waals surface area contributed by atoms with Crippen molar-refractivity contribution in [2.75, 3.05) is 12.4 Å². The van der Waals surface area contributed by atoms with Gasteiger partial charge in [0, 0.05) is 17.2 Å². The number of anilines is 1. The molecule has 0 radical (unpaired) electrons. The first kappa shape index (κ1) is 18.4. The van der Waals surface area contributed by atoms with Gasteiger partial charge in [0.25, 0.3) is 5.91 Å². The van der Waals surface area contributed by atoms with Crippen molar-refractivity contribution in [3.63, 3.8) is 0 Å². The predicted molar refractivity (Wildman–Crippen MR) is 98.3 cm³/mol. The average Bonchev–Trinajstić information content (AvgIpc) is 2.94. The first-order chi connectivity index (χ1) is 12.9. The lowest BCUT2D eigenvalue weighted by atomic mass is 9.78. The smallest absolute Gasteiger partial charge is 0.427 e. The highest BCUT2D eigenvalue weighted by atomic mass is 16.5. The minimum absolute atomic E-state index is 0.0503. The number of fused-ring (bicyclic) bond motifs is 1. The highest BCUT2D eigenvalue weighted by Crippen LogP contribution is 2.42. The number of rotatable bonds is 4. The molecule has 2 aromatic carbocycles. The van der Waals surface area contributed by atoms with E-state index in [9.17, 15) is 19.8 Å². The quantitative estimate of drug-likeness (QED) is 0.485. The van der Waals surface area contributed by atoms with Crippen molar-refractivity contribution in [2.45, 2.75) is 12.5 Å². The van der Waals surface area contributed by atoms with E-state index in [2.05, 4.69) is 20.6 Å². The minimum atomic E-state index is -1.88. The van der Waals surface area contributed by atoms with Gasteiger partial charge in [-0.25, -0.2) is 10.2 Å². The summed E-state index contributed by atoms with van der Waals surface area (Å²) in [5.41, 5.74) is 2.04. The maximum Gasteiger partial charge on any atom is 0.427 e. The van der Waals surface area contributed by atoms with Crippen molar-refractivity contribution in [3.8, 4) is 5.75 Å². The molecule has 0 saturated carbocycles. The van der Waals surface area contributed by atoms with E-state index >= 15 is 0 Å². The molecule has 8 nitrogen and oxygen atoms in total. The Balaban J connectivity index is 2.07. The van der Waals surface area contributed by atoms with Gasteiger partial charge in [0.15, 0.2) is 5.60 Å². The number of aliphatic hydroxyl groups is 1. The van der Waals surface area contributed by atoms with Crippen LogP contribution in [0.4, 0.5) is 10.5 Å². The molecule has 0 aromatic heterocycles. The number of phenolic OH excluding ortho intramolecular Hbond substituents is 1. The highest BCUT2D eigenvalue weighted by molar-refractivity contribution is 6.12. The van der Waals surface area contributed by atoms with Gasteiger partial charge >= 0.3 is 6.09 Å². The molecule has 4 N–H and O–H groups in total. The predicted octanol–water partition coefficient (Wildman–Crippen LogP) is 1.93. The molecule has 2 unspecified atom stereocenters. The molecule has 2 aromatic rings. The van der Waals surface area contributed by atoms with Crippen molar-refractivity contribution in [2.24, 2.45) is 11.0 Å². The number of hydrogen-bond acceptors (Lipinski definition) is 6. The van der Waals surface area contributed by atoms with Crippen LogP contribution in [-0.4, -0.2) is 35.0 Å². The molecule has 0 bridgehead atoms. The number of hydrazone groups is 1. The molecule has 0 fully saturated rings. The topological polar surface area (TPSA) is 120 Å². The lowest BCUT2D eigenvalue weighted by Gasteiger charge is -2.29. The van der Waals surface area contributed by atoms with E-state index in [0.29, 0.717) is 16.8 Å². The Morgan fingerprint density at radius 2 is 1.89 bits per heavy atom. The first-order valence-electron chi connectivity index (χ1n) is 8.22. The molecule has 3 rings (SSSR count). The number of phenols is 1. The largest absolute Gasteiger partial charge is 0.508 e. The van der Waals surface area contributed by atoms with Gasteiger partial charge in [-0.05, 0) is 35.9 Å². The molecule has 1 aliphatic rings. The van der Waals surface area contributed by atoms with E-state index in [1.54, 1.807) is 43.3 Å². The first-order valence-corrected chi connectivity index (χ1v) is 8.22. The van der Waals surface area contributed by atoms with E-state index in [-0.39, 0.29) is 11.5 Å². The summed E-state index contributed by atoms with van der Waals surface area (Å²) < 4.78 is 4.52. The van der Waals surface area contributed by atoms with Gasteiger partial charge < -0.3 is 20.3 Å². The number of nitrogens with zero attached hydrogens (tertiary/aromatic N) is 1. The van der Waals surface area contributed by atoms with Crippen molar-refractivity contribution in [1.29, 1.82) is 0 Å². The third-order valence-corrected chi connectivity index (χ3v) is 4.58. The third kappa shape index (κ3) is 3.22. The Kier molecular flexibility index (Phi) is 4.83. The van der Waals surface area contributed by atoms with Crippen LogP contribution in [0.1, 0.15) is 18.1 Å². The van der Waals surface area contributed by atoms with Gasteiger partial charge in [0.2, 0.25) is 0 Å². The molecule has 140 valence electrons. The summed E-state index contributed by atoms with van der Waals surface area (Å²) >= 11 is 0. The molecular formula is C19H19N3O5. The van der Waals surface area contributed by atoms with Crippen molar-refractivity contribution >= 4 is 23.4 Å². The van der Waals surface area contributed by atoms with Gasteiger partial charge in [0.1, 0.15) is 5.75 Å². The Morgan fingerprint density at radius 3 is 2.56 bits per heavy atom. The zero-order chi connectivity index (χ0) is 19.6. The Hall–Kier alpha value is -3.39. The maximum absolute atomic E-state index is 12.6. The van der Waals surface area contributed by atoms with Crippen LogP contribution in [0.2, 0.25) is 0 Å². The van der Waals surface area contributed by atoms with Crippen LogP contribution < -0.4 is 10.7 Å². The van der Waals surface area contributed by atoms with Crippen LogP contribution in [0.3, 0.4) is 0 Å². The lowest BCUT2D eigenvalue weighted by Crippen LogP contribution is -2.44. The number of carbonyl (C=O) groups excluding carboxylic acids is 2. The molecule has 27 heavy (non-hydrogen) atoms. The summed E-state index contributed by atoms with van der Waals surface area (Å²) in [5, 5.41) is 27.6. The SMILES string of the molecule is COC(=O)N/N=C(\c1ccc(O)cc1)C(C)C1(O)C(=O)Nc2ccccc21. The molecule has 0 spiro atoms. The van der Waals surface area contributed by atoms with Crippen LogP contribution in [0.25, 0.3) is 0 Å². The zero-order valence-electron chi connectivity index (χ0n) is 14.8. The second-order valence-corrected chi connectivity index (χ2v) is 6.14. The summed E-state index contributed by atoms with van der Waals surface area (Å²) in [4.78, 5) is 24.1. The fourth-order valence-electron chi connectivity index (χ4n) is 3.09. The monoisotopic (exact) mass is 369 g/mol. The number of methoxy groups -OCH3 is 1. The number of amides is 2. The van der Waals surface area contributed by atoms with E-state index < -0.39 is 23.5 Å². The number of hydrogen-bond donors (Lipinski definition) is 4. The van der Waals surface area contributed by atoms with Crippen molar-refractivity contribution in [3.05, 3.63) is 59.7 Å². The third-order valence-electron chi connectivity index (χ3n) is 4.58. The summed E-state index contributed by atoms with van der Waals surface area (Å²) in [5.74, 6) is -1.36. The Labute approximate surface area is 155 Å². The molecule has 2 atom stereocenters. The Bertz CT molecular complexity index is 910. The fraction of sp³-hybridized carbons (Fsp3) is 0.211. The van der Waals surface area contributed by atoms with Gasteiger partial charge in [0.05, 0.1) is 12.8 Å². The van der Waals surface area contributed by atoms with Crippen LogP contribution in [0, 0.1) is 5.92 Å². The minimum Gasteiger partial charge on any atom is -0.508 e. The van der Waals surface area contributed by atoms with E-state index in [1.807, 2.05) is 0 Å². The number of benzene rings is 2. The summed E-state index contributed by atoms with van der Waals surface area (Å²) in [6.45, 7) is 1.63. The van der Waals surface area contributed by atoms with Gasteiger partial charge in [-0.1, -0.05) is 25.1 Å². The molecule has 1 aliphatic heterocycles. The molecule has 1 heterocycles. The fourth-order valence-corrected chi connectivity index (χ4v) is 3.09. The number of nitrogens with one attached hydrogen (secondary N) is 2.